The number of nitro groups is 2. The second kappa shape index (κ2) is 7.48. The molecule has 3 rings (SSSR count). The molecule has 0 saturated heterocycles. The van der Waals surface area contributed by atoms with Gasteiger partial charge >= 0.3 is 11.4 Å². The van der Waals surface area contributed by atoms with Crippen molar-refractivity contribution in [1.82, 2.24) is 4.98 Å². The van der Waals surface area contributed by atoms with Gasteiger partial charge in [-0.25, -0.2) is 4.98 Å². The molecule has 0 unspecified atom stereocenters. The van der Waals surface area contributed by atoms with Crippen molar-refractivity contribution >= 4 is 22.7 Å². The Balaban J connectivity index is 2.07. The van der Waals surface area contributed by atoms with Gasteiger partial charge in [0.25, 0.3) is 5.75 Å². The number of thiazole rings is 1. The van der Waals surface area contributed by atoms with E-state index in [1.54, 1.807) is 23.6 Å². The summed E-state index contributed by atoms with van der Waals surface area (Å²) in [6.07, 6.45) is 0. The van der Waals surface area contributed by atoms with Gasteiger partial charge in [0.2, 0.25) is 0 Å². The number of methoxy groups -OCH3 is 2. The standard InChI is InChI=1S/C17H13N3O7S/c1-26-14-4-3-9(7-15(14)27-2)17-18-11(8-28-17)10-5-12(19(22)23)16(21)13(6-10)20(24)25/h3-8,21H,1-2H3. The lowest BCUT2D eigenvalue weighted by atomic mass is 10.1. The fraction of sp³-hybridized carbons (Fsp3) is 0.118. The SMILES string of the molecule is COc1ccc(-c2nc(-c3cc([N+](=O)[O-])c(O)c([N+](=O)[O-])c3)cs2)cc1OC. The predicted molar refractivity (Wildman–Crippen MR) is 101 cm³/mol. The summed E-state index contributed by atoms with van der Waals surface area (Å²) in [5.74, 6) is 0.0644. The molecule has 0 aliphatic rings. The van der Waals surface area contributed by atoms with Crippen molar-refractivity contribution in [2.75, 3.05) is 14.2 Å². The van der Waals surface area contributed by atoms with E-state index in [2.05, 4.69) is 4.98 Å². The lowest BCUT2D eigenvalue weighted by Gasteiger charge is -2.08. The van der Waals surface area contributed by atoms with Gasteiger partial charge in [-0.2, -0.15) is 0 Å². The molecule has 0 aliphatic carbocycles. The highest BCUT2D eigenvalue weighted by Gasteiger charge is 2.27. The molecule has 0 saturated carbocycles. The van der Waals surface area contributed by atoms with Crippen molar-refractivity contribution in [3.8, 4) is 39.1 Å². The van der Waals surface area contributed by atoms with Crippen molar-refractivity contribution in [2.45, 2.75) is 0 Å². The number of phenols is 1. The Hall–Kier alpha value is -3.73. The Morgan fingerprint density at radius 3 is 2.11 bits per heavy atom. The number of rotatable bonds is 6. The number of aromatic hydroxyl groups is 1. The number of benzene rings is 2. The van der Waals surface area contributed by atoms with Crippen molar-refractivity contribution < 1.29 is 24.4 Å². The second-order valence-corrected chi connectivity index (χ2v) is 6.34. The monoisotopic (exact) mass is 403 g/mol. The predicted octanol–water partition coefficient (Wildman–Crippen LogP) is 4.02. The minimum absolute atomic E-state index is 0.152. The zero-order valence-corrected chi connectivity index (χ0v) is 15.4. The fourth-order valence-electron chi connectivity index (χ4n) is 2.54. The molecule has 1 N–H and O–H groups in total. The smallest absolute Gasteiger partial charge is 0.318 e. The van der Waals surface area contributed by atoms with Gasteiger partial charge in [0, 0.05) is 28.6 Å². The van der Waals surface area contributed by atoms with Crippen molar-refractivity contribution in [1.29, 1.82) is 0 Å². The summed E-state index contributed by atoms with van der Waals surface area (Å²) in [4.78, 5) is 24.9. The van der Waals surface area contributed by atoms with Crippen LogP contribution in [0.3, 0.4) is 0 Å². The minimum Gasteiger partial charge on any atom is -0.497 e. The molecule has 0 fully saturated rings. The zero-order chi connectivity index (χ0) is 20.4. The molecule has 28 heavy (non-hydrogen) atoms. The number of ether oxygens (including phenoxy) is 2. The van der Waals surface area contributed by atoms with E-state index in [0.29, 0.717) is 22.2 Å². The quantitative estimate of drug-likeness (QED) is 0.481. The van der Waals surface area contributed by atoms with Gasteiger partial charge < -0.3 is 14.6 Å². The van der Waals surface area contributed by atoms with E-state index in [1.165, 1.54) is 25.6 Å². The molecule has 1 heterocycles. The molecule has 3 aromatic rings. The zero-order valence-electron chi connectivity index (χ0n) is 14.6. The molecule has 0 spiro atoms. The normalized spacial score (nSPS) is 10.5. The number of hydrogen-bond donors (Lipinski definition) is 1. The maximum atomic E-state index is 11.1. The van der Waals surface area contributed by atoms with Gasteiger partial charge in [-0.3, -0.25) is 20.2 Å². The highest BCUT2D eigenvalue weighted by Crippen LogP contribution is 2.41. The van der Waals surface area contributed by atoms with Gasteiger partial charge in [-0.05, 0) is 18.2 Å². The van der Waals surface area contributed by atoms with Gasteiger partial charge in [0.1, 0.15) is 5.01 Å². The van der Waals surface area contributed by atoms with Crippen LogP contribution in [0.5, 0.6) is 17.2 Å². The highest BCUT2D eigenvalue weighted by molar-refractivity contribution is 7.13. The number of phenolic OH excluding ortho intramolecular Hbond substituents is 1. The van der Waals surface area contributed by atoms with E-state index in [0.717, 1.165) is 17.7 Å². The molecule has 0 radical (unpaired) electrons. The van der Waals surface area contributed by atoms with E-state index in [1.807, 2.05) is 0 Å². The number of nitrogens with zero attached hydrogens (tertiary/aromatic N) is 3. The van der Waals surface area contributed by atoms with Crippen LogP contribution in [0.15, 0.2) is 35.7 Å². The topological polar surface area (TPSA) is 138 Å². The van der Waals surface area contributed by atoms with Crippen LogP contribution in [0.25, 0.3) is 21.8 Å². The third kappa shape index (κ3) is 3.42. The van der Waals surface area contributed by atoms with Crippen LogP contribution in [-0.2, 0) is 0 Å². The molecular weight excluding hydrogens is 390 g/mol. The molecule has 2 aromatic carbocycles. The lowest BCUT2D eigenvalue weighted by Crippen LogP contribution is -1.95. The van der Waals surface area contributed by atoms with Crippen molar-refractivity contribution in [3.63, 3.8) is 0 Å². The molecule has 144 valence electrons. The molecule has 1 aromatic heterocycles. The van der Waals surface area contributed by atoms with E-state index in [4.69, 9.17) is 9.47 Å². The number of hydrogen-bond acceptors (Lipinski definition) is 9. The minimum atomic E-state index is -0.992. The highest BCUT2D eigenvalue weighted by atomic mass is 32.1. The molecule has 10 nitrogen and oxygen atoms in total. The van der Waals surface area contributed by atoms with Crippen LogP contribution >= 0.6 is 11.3 Å². The van der Waals surface area contributed by atoms with Crippen LogP contribution in [0.1, 0.15) is 0 Å². The van der Waals surface area contributed by atoms with Crippen LogP contribution in [-0.4, -0.2) is 34.2 Å². The van der Waals surface area contributed by atoms with E-state index < -0.39 is 27.0 Å². The Morgan fingerprint density at radius 1 is 0.964 bits per heavy atom. The first-order chi connectivity index (χ1) is 13.3. The maximum absolute atomic E-state index is 11.1. The third-order valence-electron chi connectivity index (χ3n) is 3.89. The fourth-order valence-corrected chi connectivity index (χ4v) is 3.36. The summed E-state index contributed by atoms with van der Waals surface area (Å²) >= 11 is 1.25. The molecule has 0 atom stereocenters. The lowest BCUT2D eigenvalue weighted by molar-refractivity contribution is -0.396. The number of aromatic nitrogens is 1. The van der Waals surface area contributed by atoms with E-state index in [9.17, 15) is 25.3 Å². The van der Waals surface area contributed by atoms with Crippen LogP contribution in [0.2, 0.25) is 0 Å². The van der Waals surface area contributed by atoms with Crippen LogP contribution in [0, 0.1) is 20.2 Å². The van der Waals surface area contributed by atoms with Gasteiger partial charge in [-0.1, -0.05) is 0 Å². The molecule has 0 aliphatic heterocycles. The van der Waals surface area contributed by atoms with Gasteiger partial charge in [0.05, 0.1) is 29.8 Å². The summed E-state index contributed by atoms with van der Waals surface area (Å²) in [5, 5.41) is 34.2. The molecule has 0 amide bonds. The van der Waals surface area contributed by atoms with Crippen LogP contribution < -0.4 is 9.47 Å². The summed E-state index contributed by atoms with van der Waals surface area (Å²) < 4.78 is 10.5. The van der Waals surface area contributed by atoms with E-state index >= 15 is 0 Å². The molecular formula is C17H13N3O7S. The Kier molecular flexibility index (Phi) is 5.09. The first-order valence-corrected chi connectivity index (χ1v) is 8.57. The summed E-state index contributed by atoms with van der Waals surface area (Å²) in [6.45, 7) is 0. The van der Waals surface area contributed by atoms with Gasteiger partial charge in [0.15, 0.2) is 11.5 Å². The average molecular weight is 403 g/mol. The van der Waals surface area contributed by atoms with Gasteiger partial charge in [-0.15, -0.1) is 11.3 Å². The number of nitro benzene ring substituents is 2. The Labute approximate surface area is 161 Å². The molecule has 0 bridgehead atoms. The summed E-state index contributed by atoms with van der Waals surface area (Å²) in [6, 6.07) is 7.31. The van der Waals surface area contributed by atoms with Crippen LogP contribution in [0.4, 0.5) is 11.4 Å². The Bertz CT molecular complexity index is 1050. The largest absolute Gasteiger partial charge is 0.497 e. The third-order valence-corrected chi connectivity index (χ3v) is 4.78. The maximum Gasteiger partial charge on any atom is 0.318 e. The van der Waals surface area contributed by atoms with Crippen molar-refractivity contribution in [2.24, 2.45) is 0 Å². The van der Waals surface area contributed by atoms with Crippen molar-refractivity contribution in [3.05, 3.63) is 55.9 Å². The Morgan fingerprint density at radius 2 is 1.57 bits per heavy atom. The first-order valence-electron chi connectivity index (χ1n) is 7.69. The molecule has 11 heteroatoms. The summed E-state index contributed by atoms with van der Waals surface area (Å²) in [5.41, 5.74) is -0.341. The van der Waals surface area contributed by atoms with E-state index in [-0.39, 0.29) is 5.56 Å². The first kappa shape index (κ1) is 19.0. The average Bonchev–Trinajstić information content (AvgIpc) is 3.17. The second-order valence-electron chi connectivity index (χ2n) is 5.48. The summed E-state index contributed by atoms with van der Waals surface area (Å²) in [7, 11) is 3.02.